The molecule has 2 aromatic rings. The van der Waals surface area contributed by atoms with Gasteiger partial charge in [0, 0.05) is 0 Å². The number of methoxy groups -OCH3 is 1. The summed E-state index contributed by atoms with van der Waals surface area (Å²) in [5.74, 6) is 2.61. The van der Waals surface area contributed by atoms with E-state index in [1.54, 1.807) is 7.11 Å². The molecule has 19 heavy (non-hydrogen) atoms. The fraction of sp³-hybridized carbons (Fsp3) is 0.429. The molecule has 5 nitrogen and oxygen atoms in total. The van der Waals surface area contributed by atoms with E-state index < -0.39 is 0 Å². The highest BCUT2D eigenvalue weighted by Crippen LogP contribution is 2.38. The molecule has 0 aliphatic heterocycles. The smallest absolute Gasteiger partial charge is 0.231 e. The molecule has 0 amide bonds. The van der Waals surface area contributed by atoms with E-state index in [4.69, 9.17) is 15.0 Å². The number of aromatic nitrogens is 2. The highest BCUT2D eigenvalue weighted by atomic mass is 16.5. The van der Waals surface area contributed by atoms with E-state index in [-0.39, 0.29) is 6.04 Å². The summed E-state index contributed by atoms with van der Waals surface area (Å²) in [5, 5.41) is 3.97. The van der Waals surface area contributed by atoms with Crippen LogP contribution in [0.4, 0.5) is 0 Å². The maximum atomic E-state index is 6.04. The van der Waals surface area contributed by atoms with Crippen LogP contribution in [0.25, 0.3) is 0 Å². The van der Waals surface area contributed by atoms with Gasteiger partial charge in [-0.25, -0.2) is 0 Å². The van der Waals surface area contributed by atoms with Crippen molar-refractivity contribution < 1.29 is 9.26 Å². The van der Waals surface area contributed by atoms with Crippen molar-refractivity contribution in [3.05, 3.63) is 41.5 Å². The lowest BCUT2D eigenvalue weighted by Crippen LogP contribution is -2.14. The quantitative estimate of drug-likeness (QED) is 0.889. The van der Waals surface area contributed by atoms with E-state index in [2.05, 4.69) is 10.1 Å². The zero-order valence-electron chi connectivity index (χ0n) is 10.9. The van der Waals surface area contributed by atoms with Gasteiger partial charge in [0.15, 0.2) is 5.82 Å². The molecule has 1 fully saturated rings. The van der Waals surface area contributed by atoms with Gasteiger partial charge in [0.25, 0.3) is 0 Å². The molecule has 1 saturated carbocycles. The third-order valence-corrected chi connectivity index (χ3v) is 3.43. The van der Waals surface area contributed by atoms with Gasteiger partial charge in [0.2, 0.25) is 5.89 Å². The summed E-state index contributed by atoms with van der Waals surface area (Å²) >= 11 is 0. The Morgan fingerprint density at radius 2 is 2.11 bits per heavy atom. The minimum atomic E-state index is -0.0756. The molecule has 3 rings (SSSR count). The number of hydrogen-bond donors (Lipinski definition) is 1. The van der Waals surface area contributed by atoms with Crippen LogP contribution in [0.2, 0.25) is 0 Å². The molecule has 1 heterocycles. The standard InChI is InChI=1S/C14H17N3O2/c1-18-11-6-2-9(3-7-11)8-12-16-14(17-19-12)13(15)10-4-5-10/h2-3,6-7,10,13H,4-5,8,15H2,1H3. The molecule has 0 saturated heterocycles. The average Bonchev–Trinajstić information content (AvgIpc) is 3.19. The lowest BCUT2D eigenvalue weighted by molar-refractivity contribution is 0.373. The third-order valence-electron chi connectivity index (χ3n) is 3.43. The maximum Gasteiger partial charge on any atom is 0.231 e. The Morgan fingerprint density at radius 3 is 2.74 bits per heavy atom. The number of benzene rings is 1. The van der Waals surface area contributed by atoms with Crippen LogP contribution < -0.4 is 10.5 Å². The van der Waals surface area contributed by atoms with Crippen LogP contribution >= 0.6 is 0 Å². The first-order valence-electron chi connectivity index (χ1n) is 6.47. The Balaban J connectivity index is 1.68. The van der Waals surface area contributed by atoms with Crippen LogP contribution in [0, 0.1) is 5.92 Å². The van der Waals surface area contributed by atoms with Crippen molar-refractivity contribution in [3.8, 4) is 5.75 Å². The summed E-state index contributed by atoms with van der Waals surface area (Å²) in [4.78, 5) is 4.38. The van der Waals surface area contributed by atoms with Gasteiger partial charge in [-0.3, -0.25) is 0 Å². The van der Waals surface area contributed by atoms with Crippen LogP contribution in [-0.4, -0.2) is 17.3 Å². The SMILES string of the molecule is COc1ccc(Cc2nc(C(N)C3CC3)no2)cc1. The summed E-state index contributed by atoms with van der Waals surface area (Å²) < 4.78 is 10.4. The molecule has 0 radical (unpaired) electrons. The van der Waals surface area contributed by atoms with Gasteiger partial charge in [-0.05, 0) is 36.5 Å². The van der Waals surface area contributed by atoms with Crippen molar-refractivity contribution in [1.29, 1.82) is 0 Å². The van der Waals surface area contributed by atoms with Crippen LogP contribution in [0.15, 0.2) is 28.8 Å². The van der Waals surface area contributed by atoms with E-state index in [9.17, 15) is 0 Å². The first kappa shape index (κ1) is 12.2. The summed E-state index contributed by atoms with van der Waals surface area (Å²) in [6.07, 6.45) is 2.96. The molecule has 1 aromatic carbocycles. The highest BCUT2D eigenvalue weighted by Gasteiger charge is 2.32. The molecule has 2 N–H and O–H groups in total. The van der Waals surface area contributed by atoms with Gasteiger partial charge in [-0.1, -0.05) is 17.3 Å². The van der Waals surface area contributed by atoms with Gasteiger partial charge >= 0.3 is 0 Å². The van der Waals surface area contributed by atoms with Gasteiger partial charge in [-0.15, -0.1) is 0 Å². The van der Waals surface area contributed by atoms with Gasteiger partial charge in [0.1, 0.15) is 5.75 Å². The minimum Gasteiger partial charge on any atom is -0.497 e. The molecule has 0 bridgehead atoms. The number of nitrogens with zero attached hydrogens (tertiary/aromatic N) is 2. The Hall–Kier alpha value is -1.88. The molecular formula is C14H17N3O2. The predicted molar refractivity (Wildman–Crippen MR) is 69.8 cm³/mol. The second kappa shape index (κ2) is 5.01. The molecule has 1 aromatic heterocycles. The first-order chi connectivity index (χ1) is 9.26. The Bertz CT molecular complexity index is 546. The summed E-state index contributed by atoms with van der Waals surface area (Å²) in [7, 11) is 1.65. The average molecular weight is 259 g/mol. The molecule has 0 spiro atoms. The van der Waals surface area contributed by atoms with Gasteiger partial charge in [0.05, 0.1) is 19.6 Å². The fourth-order valence-corrected chi connectivity index (χ4v) is 2.06. The van der Waals surface area contributed by atoms with Crippen molar-refractivity contribution in [2.75, 3.05) is 7.11 Å². The second-order valence-electron chi connectivity index (χ2n) is 4.93. The van der Waals surface area contributed by atoms with E-state index in [0.29, 0.717) is 24.1 Å². The van der Waals surface area contributed by atoms with Crippen molar-refractivity contribution >= 4 is 0 Å². The van der Waals surface area contributed by atoms with Crippen LogP contribution in [0.1, 0.15) is 36.2 Å². The molecule has 1 unspecified atom stereocenters. The van der Waals surface area contributed by atoms with E-state index >= 15 is 0 Å². The zero-order valence-corrected chi connectivity index (χ0v) is 10.9. The Kier molecular flexibility index (Phi) is 3.21. The normalized spacial score (nSPS) is 16.3. The van der Waals surface area contributed by atoms with Crippen LogP contribution in [-0.2, 0) is 6.42 Å². The predicted octanol–water partition coefficient (Wildman–Crippen LogP) is 2.08. The molecule has 1 aliphatic rings. The van der Waals surface area contributed by atoms with Gasteiger partial charge in [-0.2, -0.15) is 4.98 Å². The van der Waals surface area contributed by atoms with Crippen molar-refractivity contribution in [2.24, 2.45) is 11.7 Å². The summed E-state index contributed by atoms with van der Waals surface area (Å²) in [6, 6.07) is 7.74. The highest BCUT2D eigenvalue weighted by molar-refractivity contribution is 5.28. The topological polar surface area (TPSA) is 74.2 Å². The van der Waals surface area contributed by atoms with Gasteiger partial charge < -0.3 is 15.0 Å². The monoisotopic (exact) mass is 259 g/mol. The lowest BCUT2D eigenvalue weighted by atomic mass is 10.1. The zero-order chi connectivity index (χ0) is 13.2. The van der Waals surface area contributed by atoms with E-state index in [0.717, 1.165) is 11.3 Å². The second-order valence-corrected chi connectivity index (χ2v) is 4.93. The van der Waals surface area contributed by atoms with Crippen LogP contribution in [0.5, 0.6) is 5.75 Å². The molecule has 1 atom stereocenters. The van der Waals surface area contributed by atoms with E-state index in [1.165, 1.54) is 12.8 Å². The molecule has 1 aliphatic carbocycles. The van der Waals surface area contributed by atoms with E-state index in [1.807, 2.05) is 24.3 Å². The Morgan fingerprint density at radius 1 is 1.37 bits per heavy atom. The minimum absolute atomic E-state index is 0.0756. The number of hydrogen-bond acceptors (Lipinski definition) is 5. The van der Waals surface area contributed by atoms with Crippen molar-refractivity contribution in [3.63, 3.8) is 0 Å². The molecule has 100 valence electrons. The molecular weight excluding hydrogens is 242 g/mol. The number of ether oxygens (including phenoxy) is 1. The Labute approximate surface area is 111 Å². The summed E-state index contributed by atoms with van der Waals surface area (Å²) in [6.45, 7) is 0. The third kappa shape index (κ3) is 2.76. The maximum absolute atomic E-state index is 6.04. The number of nitrogens with two attached hydrogens (primary N) is 1. The number of rotatable bonds is 5. The van der Waals surface area contributed by atoms with Crippen LogP contribution in [0.3, 0.4) is 0 Å². The summed E-state index contributed by atoms with van der Waals surface area (Å²) in [5.41, 5.74) is 7.15. The largest absolute Gasteiger partial charge is 0.497 e. The fourth-order valence-electron chi connectivity index (χ4n) is 2.06. The van der Waals surface area contributed by atoms with Crippen molar-refractivity contribution in [2.45, 2.75) is 25.3 Å². The molecule has 5 heteroatoms. The lowest BCUT2D eigenvalue weighted by Gasteiger charge is -2.02. The first-order valence-corrected chi connectivity index (χ1v) is 6.47. The van der Waals surface area contributed by atoms with Crippen molar-refractivity contribution in [1.82, 2.24) is 10.1 Å².